The van der Waals surface area contributed by atoms with Crippen LogP contribution in [0.5, 0.6) is 10.8 Å². The molecule has 7 nitrogen and oxygen atoms in total. The van der Waals surface area contributed by atoms with Crippen LogP contribution in [0.15, 0.2) is 35.3 Å². The molecule has 0 bridgehead atoms. The van der Waals surface area contributed by atoms with E-state index in [1.165, 1.54) is 11.9 Å². The number of amides is 1. The predicted molar refractivity (Wildman–Crippen MR) is 110 cm³/mol. The smallest absolute Gasteiger partial charge is 0.274 e. The summed E-state index contributed by atoms with van der Waals surface area (Å²) in [5.74, 6) is 0.220. The minimum atomic E-state index is -0.402. The number of hydrogen-bond acceptors (Lipinski definition) is 5. The number of aromatic nitrogens is 1. The first-order valence-corrected chi connectivity index (χ1v) is 9.33. The Morgan fingerprint density at radius 3 is 2.85 bits per heavy atom. The lowest BCUT2D eigenvalue weighted by Gasteiger charge is -2.07. The van der Waals surface area contributed by atoms with Crippen molar-refractivity contribution in [3.63, 3.8) is 0 Å². The Kier molecular flexibility index (Phi) is 5.69. The van der Waals surface area contributed by atoms with E-state index in [1.807, 2.05) is 26.2 Å². The van der Waals surface area contributed by atoms with E-state index >= 15 is 0 Å². The first-order chi connectivity index (χ1) is 12.9. The summed E-state index contributed by atoms with van der Waals surface area (Å²) in [7, 11) is 5.53. The maximum atomic E-state index is 12.3. The number of carbonyl (C=O) groups is 1. The third kappa shape index (κ3) is 4.41. The highest BCUT2D eigenvalue weighted by Crippen LogP contribution is 2.36. The van der Waals surface area contributed by atoms with E-state index in [0.29, 0.717) is 27.4 Å². The SMILES string of the molecule is CN=C(N)NC(=O)c1cc2c(Cl)ccc(Oc3ccc(CN(C)C)s3)c2[nH]1. The molecule has 2 aromatic heterocycles. The van der Waals surface area contributed by atoms with Crippen molar-refractivity contribution in [1.29, 1.82) is 0 Å². The number of nitrogens with zero attached hydrogens (tertiary/aromatic N) is 2. The van der Waals surface area contributed by atoms with Crippen molar-refractivity contribution in [3.8, 4) is 10.8 Å². The molecule has 9 heteroatoms. The molecular formula is C18H20ClN5O2S. The summed E-state index contributed by atoms with van der Waals surface area (Å²) in [6.45, 7) is 0.845. The van der Waals surface area contributed by atoms with Gasteiger partial charge in [0.25, 0.3) is 5.91 Å². The molecule has 0 saturated heterocycles. The number of thiophene rings is 1. The maximum Gasteiger partial charge on any atom is 0.274 e. The molecule has 1 aromatic carbocycles. The fourth-order valence-corrected chi connectivity index (χ4v) is 3.72. The number of ether oxygens (including phenoxy) is 1. The lowest BCUT2D eigenvalue weighted by atomic mass is 10.2. The van der Waals surface area contributed by atoms with Gasteiger partial charge in [-0.3, -0.25) is 15.1 Å². The van der Waals surface area contributed by atoms with Crippen LogP contribution in [0, 0.1) is 0 Å². The van der Waals surface area contributed by atoms with Crippen molar-refractivity contribution in [3.05, 3.63) is 45.9 Å². The van der Waals surface area contributed by atoms with Crippen LogP contribution in [-0.4, -0.2) is 42.9 Å². The summed E-state index contributed by atoms with van der Waals surface area (Å²) in [6, 6.07) is 9.14. The van der Waals surface area contributed by atoms with Gasteiger partial charge in [0.05, 0.1) is 10.5 Å². The van der Waals surface area contributed by atoms with E-state index in [-0.39, 0.29) is 5.96 Å². The molecule has 3 aromatic rings. The molecule has 0 aliphatic heterocycles. The van der Waals surface area contributed by atoms with Crippen molar-refractivity contribution in [2.75, 3.05) is 21.1 Å². The van der Waals surface area contributed by atoms with Crippen LogP contribution in [0.4, 0.5) is 0 Å². The number of nitrogens with two attached hydrogens (primary N) is 1. The number of halogens is 1. The normalized spacial score (nSPS) is 12.0. The third-order valence-corrected chi connectivity index (χ3v) is 5.03. The number of fused-ring (bicyclic) bond motifs is 1. The fourth-order valence-electron chi connectivity index (χ4n) is 2.52. The van der Waals surface area contributed by atoms with Gasteiger partial charge in [-0.15, -0.1) is 11.3 Å². The molecule has 142 valence electrons. The van der Waals surface area contributed by atoms with Gasteiger partial charge in [-0.25, -0.2) is 0 Å². The van der Waals surface area contributed by atoms with Crippen molar-refractivity contribution < 1.29 is 9.53 Å². The maximum absolute atomic E-state index is 12.3. The highest BCUT2D eigenvalue weighted by atomic mass is 35.5. The van der Waals surface area contributed by atoms with Crippen LogP contribution >= 0.6 is 22.9 Å². The van der Waals surface area contributed by atoms with Crippen LogP contribution in [-0.2, 0) is 6.54 Å². The third-order valence-electron chi connectivity index (χ3n) is 3.75. The summed E-state index contributed by atoms with van der Waals surface area (Å²) in [5, 5.41) is 4.46. The Balaban J connectivity index is 1.91. The molecule has 0 radical (unpaired) electrons. The van der Waals surface area contributed by atoms with Gasteiger partial charge < -0.3 is 20.4 Å². The summed E-state index contributed by atoms with van der Waals surface area (Å²) >= 11 is 7.86. The quantitative estimate of drug-likeness (QED) is 0.447. The molecule has 1 amide bonds. The Morgan fingerprint density at radius 1 is 1.37 bits per heavy atom. The molecule has 0 fully saturated rings. The van der Waals surface area contributed by atoms with Crippen molar-refractivity contribution in [1.82, 2.24) is 15.2 Å². The minimum absolute atomic E-state index is 0.0354. The number of rotatable bonds is 5. The Hall–Kier alpha value is -2.55. The Morgan fingerprint density at radius 2 is 2.15 bits per heavy atom. The van der Waals surface area contributed by atoms with Gasteiger partial charge in [0.2, 0.25) is 0 Å². The van der Waals surface area contributed by atoms with E-state index in [0.717, 1.165) is 11.6 Å². The number of hydrogen-bond donors (Lipinski definition) is 3. The van der Waals surface area contributed by atoms with Gasteiger partial charge in [0.15, 0.2) is 16.8 Å². The second kappa shape index (κ2) is 7.99. The second-order valence-electron chi connectivity index (χ2n) is 6.14. The first kappa shape index (κ1) is 19.2. The molecule has 0 saturated carbocycles. The van der Waals surface area contributed by atoms with Crippen LogP contribution < -0.4 is 15.8 Å². The summed E-state index contributed by atoms with van der Waals surface area (Å²) in [6.07, 6.45) is 0. The van der Waals surface area contributed by atoms with E-state index in [9.17, 15) is 4.79 Å². The minimum Gasteiger partial charge on any atom is -0.444 e. The van der Waals surface area contributed by atoms with Crippen LogP contribution in [0.3, 0.4) is 0 Å². The van der Waals surface area contributed by atoms with Gasteiger partial charge >= 0.3 is 0 Å². The number of carbonyl (C=O) groups excluding carboxylic acids is 1. The summed E-state index contributed by atoms with van der Waals surface area (Å²) < 4.78 is 6.03. The monoisotopic (exact) mass is 405 g/mol. The molecule has 2 heterocycles. The van der Waals surface area contributed by atoms with E-state index in [4.69, 9.17) is 22.1 Å². The number of aliphatic imine (C=N–C) groups is 1. The van der Waals surface area contributed by atoms with Crippen molar-refractivity contribution >= 4 is 45.7 Å². The molecule has 0 atom stereocenters. The van der Waals surface area contributed by atoms with Crippen molar-refractivity contribution in [2.24, 2.45) is 10.7 Å². The van der Waals surface area contributed by atoms with E-state index in [2.05, 4.69) is 20.2 Å². The largest absolute Gasteiger partial charge is 0.444 e. The lowest BCUT2D eigenvalue weighted by Crippen LogP contribution is -2.36. The van der Waals surface area contributed by atoms with Gasteiger partial charge in [0, 0.05) is 23.9 Å². The molecular weight excluding hydrogens is 386 g/mol. The van der Waals surface area contributed by atoms with Crippen LogP contribution in [0.1, 0.15) is 15.4 Å². The molecule has 0 aliphatic rings. The number of H-pyrrole nitrogens is 1. The standard InChI is InChI=1S/C18H20ClN5O2S/c1-21-18(20)23-17(25)13-8-11-12(19)5-6-14(16(11)22-13)26-15-7-4-10(27-15)9-24(2)3/h4-8,22H,9H2,1-3H3,(H3,20,21,23,25). The average Bonchev–Trinajstić information content (AvgIpc) is 3.24. The Bertz CT molecular complexity index is 1010. The van der Waals surface area contributed by atoms with Gasteiger partial charge in [-0.2, -0.15) is 0 Å². The molecule has 0 unspecified atom stereocenters. The van der Waals surface area contributed by atoms with Gasteiger partial charge in [-0.1, -0.05) is 11.6 Å². The molecule has 0 aliphatic carbocycles. The van der Waals surface area contributed by atoms with Crippen LogP contribution in [0.25, 0.3) is 10.9 Å². The Labute approximate surface area is 165 Å². The molecule has 27 heavy (non-hydrogen) atoms. The molecule has 4 N–H and O–H groups in total. The number of guanidine groups is 1. The molecule has 0 spiro atoms. The molecule has 3 rings (SSSR count). The van der Waals surface area contributed by atoms with E-state index in [1.54, 1.807) is 29.5 Å². The second-order valence-corrected chi connectivity index (χ2v) is 7.68. The van der Waals surface area contributed by atoms with Crippen LogP contribution in [0.2, 0.25) is 5.02 Å². The number of nitrogens with one attached hydrogen (secondary N) is 2. The van der Waals surface area contributed by atoms with Crippen molar-refractivity contribution in [2.45, 2.75) is 6.54 Å². The highest BCUT2D eigenvalue weighted by molar-refractivity contribution is 7.13. The zero-order valence-corrected chi connectivity index (χ0v) is 16.7. The van der Waals surface area contributed by atoms with Gasteiger partial charge in [0.1, 0.15) is 5.69 Å². The summed E-state index contributed by atoms with van der Waals surface area (Å²) in [5.41, 5.74) is 6.51. The topological polar surface area (TPSA) is 95.7 Å². The number of aromatic amines is 1. The highest BCUT2D eigenvalue weighted by Gasteiger charge is 2.16. The first-order valence-electron chi connectivity index (χ1n) is 8.13. The number of benzene rings is 1. The fraction of sp³-hybridized carbons (Fsp3) is 0.222. The average molecular weight is 406 g/mol. The summed E-state index contributed by atoms with van der Waals surface area (Å²) in [4.78, 5) is 22.3. The zero-order chi connectivity index (χ0) is 19.6. The lowest BCUT2D eigenvalue weighted by molar-refractivity contribution is 0.0972. The van der Waals surface area contributed by atoms with E-state index < -0.39 is 5.91 Å². The van der Waals surface area contributed by atoms with Gasteiger partial charge in [-0.05, 0) is 44.4 Å². The zero-order valence-electron chi connectivity index (χ0n) is 15.2. The predicted octanol–water partition coefficient (Wildman–Crippen LogP) is 3.41.